The second-order valence-electron chi connectivity index (χ2n) is 10.5. The van der Waals surface area contributed by atoms with Crippen LogP contribution in [-0.2, 0) is 29.0 Å². The van der Waals surface area contributed by atoms with Gasteiger partial charge >= 0.3 is 6.16 Å². The Morgan fingerprint density at radius 3 is 1.28 bits per heavy atom. The summed E-state index contributed by atoms with van der Waals surface area (Å²) in [5.41, 5.74) is -0.952. The molecule has 0 saturated carbocycles. The summed E-state index contributed by atoms with van der Waals surface area (Å²) in [6.07, 6.45) is 5.67. The van der Waals surface area contributed by atoms with Crippen LogP contribution >= 0.6 is 0 Å². The van der Waals surface area contributed by atoms with Crippen molar-refractivity contribution in [1.82, 2.24) is 0 Å². The lowest BCUT2D eigenvalue weighted by Crippen LogP contribution is -2.36. The first-order valence-electron chi connectivity index (χ1n) is 12.4. The zero-order valence-electron chi connectivity index (χ0n) is 22.3. The molecule has 0 aromatic heterocycles. The lowest BCUT2D eigenvalue weighted by molar-refractivity contribution is -0.432. The van der Waals surface area contributed by atoms with Gasteiger partial charge in [-0.25, -0.2) is 14.6 Å². The van der Waals surface area contributed by atoms with Crippen molar-refractivity contribution in [3.8, 4) is 0 Å². The van der Waals surface area contributed by atoms with E-state index in [0.29, 0.717) is 0 Å². The van der Waals surface area contributed by atoms with Gasteiger partial charge in [-0.15, -0.1) is 0 Å². The van der Waals surface area contributed by atoms with E-state index < -0.39 is 29.9 Å². The summed E-state index contributed by atoms with van der Waals surface area (Å²) >= 11 is 0. The van der Waals surface area contributed by atoms with E-state index in [1.807, 2.05) is 55.4 Å². The van der Waals surface area contributed by atoms with Crippen molar-refractivity contribution in [1.29, 1.82) is 0 Å². The zero-order valence-corrected chi connectivity index (χ0v) is 22.3. The van der Waals surface area contributed by atoms with Crippen LogP contribution in [0, 0.1) is 11.8 Å². The Labute approximate surface area is 196 Å². The van der Waals surface area contributed by atoms with Gasteiger partial charge in [0.05, 0.1) is 11.2 Å². The first-order valence-corrected chi connectivity index (χ1v) is 12.4. The van der Waals surface area contributed by atoms with Gasteiger partial charge in [0.1, 0.15) is 0 Å². The van der Waals surface area contributed by atoms with Crippen molar-refractivity contribution >= 4 is 6.16 Å². The molecule has 0 aromatic carbocycles. The third kappa shape index (κ3) is 15.0. The van der Waals surface area contributed by atoms with Crippen LogP contribution in [0.25, 0.3) is 0 Å². The molecule has 0 saturated heterocycles. The standard InChI is InChI=1S/C25H50O7/c1-11-13-15-17-24(7,8)31-29-21(19(3)4)27-23(26)28-22(20(5)6)30-32-25(9,10)18-16-14-12-2/h19-22H,11-18H2,1-10H3. The van der Waals surface area contributed by atoms with Crippen LogP contribution in [0.2, 0.25) is 0 Å². The minimum atomic E-state index is -0.896. The lowest BCUT2D eigenvalue weighted by Gasteiger charge is -2.29. The second-order valence-corrected chi connectivity index (χ2v) is 10.5. The van der Waals surface area contributed by atoms with Crippen LogP contribution in [0.4, 0.5) is 4.79 Å². The quantitative estimate of drug-likeness (QED) is 0.0678. The number of carbonyl (C=O) groups is 1. The summed E-state index contributed by atoms with van der Waals surface area (Å²) in [4.78, 5) is 34.6. The average Bonchev–Trinajstić information content (AvgIpc) is 2.68. The Bertz CT molecular complexity index is 447. The van der Waals surface area contributed by atoms with Gasteiger partial charge in [-0.3, -0.25) is 0 Å². The molecule has 0 aromatic rings. The summed E-state index contributed by atoms with van der Waals surface area (Å²) in [7, 11) is 0. The van der Waals surface area contributed by atoms with Crippen molar-refractivity contribution in [3.63, 3.8) is 0 Å². The molecule has 2 unspecified atom stereocenters. The third-order valence-electron chi connectivity index (χ3n) is 5.02. The Kier molecular flexibility index (Phi) is 15.4. The Balaban J connectivity index is 4.72. The van der Waals surface area contributed by atoms with Gasteiger partial charge in [0, 0.05) is 11.8 Å². The molecule has 32 heavy (non-hydrogen) atoms. The molecule has 0 aliphatic heterocycles. The predicted octanol–water partition coefficient (Wildman–Crippen LogP) is 7.72. The minimum Gasteiger partial charge on any atom is -0.401 e. The molecule has 0 radical (unpaired) electrons. The fraction of sp³-hybridized carbons (Fsp3) is 0.960. The summed E-state index contributed by atoms with van der Waals surface area (Å²) in [6, 6.07) is 0. The Hall–Kier alpha value is -0.890. The minimum absolute atomic E-state index is 0.124. The van der Waals surface area contributed by atoms with E-state index in [1.54, 1.807) is 0 Å². The molecule has 0 aliphatic carbocycles. The van der Waals surface area contributed by atoms with Crippen LogP contribution in [0.3, 0.4) is 0 Å². The van der Waals surface area contributed by atoms with Crippen LogP contribution in [0.15, 0.2) is 0 Å². The van der Waals surface area contributed by atoms with Crippen molar-refractivity contribution in [2.75, 3.05) is 0 Å². The van der Waals surface area contributed by atoms with E-state index in [1.165, 1.54) is 0 Å². The van der Waals surface area contributed by atoms with Crippen LogP contribution < -0.4 is 0 Å². The number of ether oxygens (including phenoxy) is 2. The molecular formula is C25H50O7. The van der Waals surface area contributed by atoms with Gasteiger partial charge in [0.25, 0.3) is 0 Å². The summed E-state index contributed by atoms with van der Waals surface area (Å²) in [6.45, 7) is 19.7. The first kappa shape index (κ1) is 31.1. The first-order chi connectivity index (χ1) is 14.8. The predicted molar refractivity (Wildman–Crippen MR) is 126 cm³/mol. The van der Waals surface area contributed by atoms with Crippen molar-refractivity contribution in [2.45, 2.75) is 144 Å². The van der Waals surface area contributed by atoms with E-state index in [-0.39, 0.29) is 11.8 Å². The molecule has 7 heteroatoms. The topological polar surface area (TPSA) is 72.5 Å². The van der Waals surface area contributed by atoms with Crippen molar-refractivity contribution in [2.24, 2.45) is 11.8 Å². The second kappa shape index (κ2) is 15.9. The summed E-state index contributed by atoms with van der Waals surface area (Å²) in [5.74, 6) is -0.248. The molecular weight excluding hydrogens is 412 g/mol. The molecule has 0 aliphatic rings. The number of unbranched alkanes of at least 4 members (excludes halogenated alkanes) is 4. The maximum absolute atomic E-state index is 12.4. The van der Waals surface area contributed by atoms with E-state index in [2.05, 4.69) is 13.8 Å². The van der Waals surface area contributed by atoms with E-state index in [0.717, 1.165) is 51.4 Å². The molecule has 0 fully saturated rings. The largest absolute Gasteiger partial charge is 0.513 e. The Morgan fingerprint density at radius 2 is 1.00 bits per heavy atom. The average molecular weight is 463 g/mol. The van der Waals surface area contributed by atoms with Gasteiger partial charge in [0.2, 0.25) is 12.6 Å². The third-order valence-corrected chi connectivity index (χ3v) is 5.02. The van der Waals surface area contributed by atoms with E-state index in [9.17, 15) is 4.79 Å². The van der Waals surface area contributed by atoms with Crippen LogP contribution in [0.5, 0.6) is 0 Å². The highest BCUT2D eigenvalue weighted by atomic mass is 17.2. The van der Waals surface area contributed by atoms with Crippen LogP contribution in [-0.4, -0.2) is 29.9 Å². The maximum atomic E-state index is 12.4. The van der Waals surface area contributed by atoms with Crippen LogP contribution in [0.1, 0.15) is 121 Å². The zero-order chi connectivity index (χ0) is 24.8. The molecule has 0 N–H and O–H groups in total. The van der Waals surface area contributed by atoms with Gasteiger partial charge in [0.15, 0.2) is 0 Å². The molecule has 2 atom stereocenters. The van der Waals surface area contributed by atoms with Gasteiger partial charge < -0.3 is 9.47 Å². The Morgan fingerprint density at radius 1 is 0.656 bits per heavy atom. The fourth-order valence-corrected chi connectivity index (χ4v) is 2.79. The number of rotatable bonds is 18. The molecule has 192 valence electrons. The molecule has 0 spiro atoms. The van der Waals surface area contributed by atoms with E-state index >= 15 is 0 Å². The van der Waals surface area contributed by atoms with E-state index in [4.69, 9.17) is 29.0 Å². The summed E-state index contributed by atoms with van der Waals surface area (Å²) < 4.78 is 10.8. The maximum Gasteiger partial charge on any atom is 0.513 e. The smallest absolute Gasteiger partial charge is 0.401 e. The van der Waals surface area contributed by atoms with Gasteiger partial charge in [-0.2, -0.15) is 9.78 Å². The number of hydrogen-bond acceptors (Lipinski definition) is 7. The highest BCUT2D eigenvalue weighted by molar-refractivity contribution is 5.60. The van der Waals surface area contributed by atoms with Gasteiger partial charge in [-0.05, 0) is 40.5 Å². The highest BCUT2D eigenvalue weighted by Crippen LogP contribution is 2.24. The normalized spacial score (nSPS) is 14.6. The highest BCUT2D eigenvalue weighted by Gasteiger charge is 2.30. The lowest BCUT2D eigenvalue weighted by atomic mass is 10.0. The van der Waals surface area contributed by atoms with Gasteiger partial charge in [-0.1, -0.05) is 80.1 Å². The van der Waals surface area contributed by atoms with Crippen molar-refractivity contribution in [3.05, 3.63) is 0 Å². The SMILES string of the molecule is CCCCCC(C)(C)OOC(OC(=O)OC(OOC(C)(C)CCCCC)C(C)C)C(C)C. The monoisotopic (exact) mass is 462 g/mol. The molecule has 7 nitrogen and oxygen atoms in total. The number of hydrogen-bond donors (Lipinski definition) is 0. The molecule has 0 heterocycles. The molecule has 0 bridgehead atoms. The molecule has 0 amide bonds. The molecule has 0 rings (SSSR count). The number of carbonyl (C=O) groups excluding carboxylic acids is 1. The fourth-order valence-electron chi connectivity index (χ4n) is 2.79. The van der Waals surface area contributed by atoms with Crippen molar-refractivity contribution < 1.29 is 33.8 Å². The summed E-state index contributed by atoms with van der Waals surface area (Å²) in [5, 5.41) is 0.